The maximum absolute atomic E-state index is 13.3. The number of nitrogens with zero attached hydrogens (tertiary/aromatic N) is 3. The molecule has 1 unspecified atom stereocenters. The fourth-order valence-electron chi connectivity index (χ4n) is 4.07. The summed E-state index contributed by atoms with van der Waals surface area (Å²) >= 11 is 1.49. The molecular weight excluding hydrogens is 460 g/mol. The highest BCUT2D eigenvalue weighted by atomic mass is 32.2. The van der Waals surface area contributed by atoms with E-state index < -0.39 is 6.17 Å². The summed E-state index contributed by atoms with van der Waals surface area (Å²) in [5.74, 6) is 1.77. The van der Waals surface area contributed by atoms with Crippen LogP contribution in [0.1, 0.15) is 29.8 Å². The van der Waals surface area contributed by atoms with Gasteiger partial charge in [0.05, 0.1) is 19.1 Å². The lowest BCUT2D eigenvalue weighted by Crippen LogP contribution is -2.50. The predicted molar refractivity (Wildman–Crippen MR) is 137 cm³/mol. The van der Waals surface area contributed by atoms with Crippen LogP contribution in [0.3, 0.4) is 0 Å². The highest BCUT2D eigenvalue weighted by Crippen LogP contribution is 2.36. The summed E-state index contributed by atoms with van der Waals surface area (Å²) in [7, 11) is 1.61. The van der Waals surface area contributed by atoms with Crippen LogP contribution in [0, 0.1) is 6.92 Å². The van der Waals surface area contributed by atoms with Crippen molar-refractivity contribution in [3.8, 4) is 11.5 Å². The number of carbonyl (C=O) groups is 1. The van der Waals surface area contributed by atoms with E-state index in [9.17, 15) is 4.79 Å². The minimum Gasteiger partial charge on any atom is -0.493 e. The van der Waals surface area contributed by atoms with E-state index in [1.807, 2.05) is 49.4 Å². The van der Waals surface area contributed by atoms with Crippen LogP contribution in [0.15, 0.2) is 76.8 Å². The van der Waals surface area contributed by atoms with E-state index in [0.29, 0.717) is 34.7 Å². The molecule has 0 bridgehead atoms. The zero-order valence-corrected chi connectivity index (χ0v) is 20.6. The molecule has 2 aliphatic rings. The van der Waals surface area contributed by atoms with Crippen LogP contribution in [0.4, 0.5) is 0 Å². The molecule has 0 spiro atoms. The lowest BCUT2D eigenvalue weighted by atomic mass is 10.1. The van der Waals surface area contributed by atoms with Crippen LogP contribution in [-0.2, 0) is 10.5 Å². The molecule has 0 aliphatic carbocycles. The van der Waals surface area contributed by atoms with Gasteiger partial charge in [-0.1, -0.05) is 65.9 Å². The van der Waals surface area contributed by atoms with Gasteiger partial charge in [-0.2, -0.15) is 0 Å². The van der Waals surface area contributed by atoms with E-state index in [-0.39, 0.29) is 5.91 Å². The molecule has 1 N–H and O–H groups in total. The molecule has 0 saturated carbocycles. The predicted octanol–water partition coefficient (Wildman–Crippen LogP) is 3.48. The second-order valence-corrected chi connectivity index (χ2v) is 9.15. The standard InChI is InChI=1S/C27H26N4O3S/c1-4-34-23-15-19(13-14-22(23)33-3)25-28-21-8-6-5-7-20(21)24-26(32)29-27(30-31(24)25)35-16-18-11-9-17(2)10-12-18/h5-15,25H,4,16H2,1-3H3,(H,29,30,32). The summed E-state index contributed by atoms with van der Waals surface area (Å²) < 4.78 is 11.2. The molecule has 1 atom stereocenters. The topological polar surface area (TPSA) is 75.5 Å². The molecule has 0 saturated heterocycles. The lowest BCUT2D eigenvalue weighted by molar-refractivity contribution is -0.116. The normalized spacial score (nSPS) is 16.5. The Kier molecular flexibility index (Phi) is 6.46. The second-order valence-electron chi connectivity index (χ2n) is 8.19. The number of thioether (sulfide) groups is 1. The van der Waals surface area contributed by atoms with Crippen LogP contribution in [-0.4, -0.2) is 29.8 Å². The van der Waals surface area contributed by atoms with E-state index in [4.69, 9.17) is 19.6 Å². The zero-order chi connectivity index (χ0) is 24.4. The third-order valence-corrected chi connectivity index (χ3v) is 6.73. The van der Waals surface area contributed by atoms with Crippen LogP contribution in [0.25, 0.3) is 5.70 Å². The quantitative estimate of drug-likeness (QED) is 0.578. The first-order chi connectivity index (χ1) is 17.1. The molecule has 2 heterocycles. The van der Waals surface area contributed by atoms with Gasteiger partial charge in [-0.3, -0.25) is 15.1 Å². The molecule has 7 nitrogen and oxygen atoms in total. The van der Waals surface area contributed by atoms with Gasteiger partial charge in [0.1, 0.15) is 5.70 Å². The second kappa shape index (κ2) is 9.84. The lowest BCUT2D eigenvalue weighted by Gasteiger charge is -2.34. The molecule has 2 aliphatic heterocycles. The van der Waals surface area contributed by atoms with Crippen LogP contribution in [0.2, 0.25) is 0 Å². The van der Waals surface area contributed by atoms with E-state index in [1.165, 1.54) is 17.3 Å². The number of methoxy groups -OCH3 is 1. The Hall–Kier alpha value is -3.78. The average Bonchev–Trinajstić information content (AvgIpc) is 2.88. The number of fused-ring (bicyclic) bond motifs is 2. The Labute approximate surface area is 208 Å². The fourth-order valence-corrected chi connectivity index (χ4v) is 4.87. The SMILES string of the molecule is CCOc1cc(C2N=c3ccccc3=C3C(=O)NC(SCc4ccc(C)cc4)=NN32)ccc1OC. The summed E-state index contributed by atoms with van der Waals surface area (Å²) in [5.41, 5.74) is 3.70. The first-order valence-corrected chi connectivity index (χ1v) is 12.4. The first kappa shape index (κ1) is 23.0. The number of rotatable bonds is 6. The number of aryl methyl sites for hydroxylation is 1. The molecule has 3 aromatic carbocycles. The van der Waals surface area contributed by atoms with Crippen LogP contribution >= 0.6 is 11.8 Å². The number of hydrazone groups is 1. The number of hydrogen-bond acceptors (Lipinski definition) is 7. The van der Waals surface area contributed by atoms with Gasteiger partial charge < -0.3 is 9.47 Å². The largest absolute Gasteiger partial charge is 0.493 e. The molecule has 5 rings (SSSR count). The third kappa shape index (κ3) is 4.61. The highest BCUT2D eigenvalue weighted by Gasteiger charge is 2.34. The van der Waals surface area contributed by atoms with Crippen molar-refractivity contribution in [2.75, 3.05) is 13.7 Å². The molecule has 0 fully saturated rings. The summed E-state index contributed by atoms with van der Waals surface area (Å²) in [5, 5.41) is 11.6. The number of carbonyl (C=O) groups excluding carboxylic acids is 1. The number of benzene rings is 3. The number of nitrogens with one attached hydrogen (secondary N) is 1. The van der Waals surface area contributed by atoms with Crippen molar-refractivity contribution >= 4 is 28.5 Å². The molecule has 0 radical (unpaired) electrons. The molecule has 3 aromatic rings. The molecule has 1 amide bonds. The van der Waals surface area contributed by atoms with Crippen molar-refractivity contribution < 1.29 is 14.3 Å². The van der Waals surface area contributed by atoms with Gasteiger partial charge in [0.2, 0.25) is 0 Å². The molecular formula is C27H26N4O3S. The number of para-hydroxylation sites is 1. The number of amides is 1. The zero-order valence-electron chi connectivity index (χ0n) is 19.8. The average molecular weight is 487 g/mol. The summed E-state index contributed by atoms with van der Waals surface area (Å²) in [6, 6.07) is 21.7. The first-order valence-electron chi connectivity index (χ1n) is 11.4. The van der Waals surface area contributed by atoms with E-state index in [0.717, 1.165) is 21.7 Å². The van der Waals surface area contributed by atoms with Gasteiger partial charge in [0, 0.05) is 16.5 Å². The minimum absolute atomic E-state index is 0.197. The van der Waals surface area contributed by atoms with Gasteiger partial charge in [0.25, 0.3) is 5.91 Å². The van der Waals surface area contributed by atoms with Crippen molar-refractivity contribution in [1.82, 2.24) is 10.3 Å². The molecule has 8 heteroatoms. The number of hydrogen-bond donors (Lipinski definition) is 1. The van der Waals surface area contributed by atoms with Crippen molar-refractivity contribution in [3.63, 3.8) is 0 Å². The Balaban J connectivity index is 1.56. The monoisotopic (exact) mass is 486 g/mol. The van der Waals surface area contributed by atoms with Gasteiger partial charge >= 0.3 is 0 Å². The van der Waals surface area contributed by atoms with Crippen molar-refractivity contribution in [2.45, 2.75) is 25.8 Å². The van der Waals surface area contributed by atoms with Gasteiger partial charge in [-0.25, -0.2) is 5.01 Å². The molecule has 35 heavy (non-hydrogen) atoms. The van der Waals surface area contributed by atoms with Crippen LogP contribution < -0.4 is 25.4 Å². The van der Waals surface area contributed by atoms with Gasteiger partial charge in [-0.05, 0) is 37.6 Å². The van der Waals surface area contributed by atoms with Crippen LogP contribution in [0.5, 0.6) is 11.5 Å². The van der Waals surface area contributed by atoms with E-state index in [1.54, 1.807) is 12.1 Å². The Morgan fingerprint density at radius 3 is 2.63 bits per heavy atom. The Morgan fingerprint density at radius 2 is 1.86 bits per heavy atom. The summed E-state index contributed by atoms with van der Waals surface area (Å²) in [6.07, 6.45) is -0.522. The van der Waals surface area contributed by atoms with Crippen molar-refractivity contribution in [3.05, 3.63) is 94.0 Å². The van der Waals surface area contributed by atoms with E-state index >= 15 is 0 Å². The van der Waals surface area contributed by atoms with Gasteiger partial charge in [-0.15, -0.1) is 5.10 Å². The Morgan fingerprint density at radius 1 is 1.06 bits per heavy atom. The molecule has 0 aromatic heterocycles. The smallest absolute Gasteiger partial charge is 0.276 e. The molecule has 178 valence electrons. The summed E-state index contributed by atoms with van der Waals surface area (Å²) in [6.45, 7) is 4.50. The van der Waals surface area contributed by atoms with Crippen molar-refractivity contribution in [2.24, 2.45) is 10.1 Å². The number of ether oxygens (including phenoxy) is 2. The number of amidine groups is 1. The summed E-state index contributed by atoms with van der Waals surface area (Å²) in [4.78, 5) is 18.3. The highest BCUT2D eigenvalue weighted by molar-refractivity contribution is 8.13. The third-order valence-electron chi connectivity index (χ3n) is 5.80. The Bertz CT molecular complexity index is 1420. The van der Waals surface area contributed by atoms with Crippen molar-refractivity contribution in [1.29, 1.82) is 0 Å². The maximum Gasteiger partial charge on any atom is 0.276 e. The van der Waals surface area contributed by atoms with Gasteiger partial charge in [0.15, 0.2) is 22.8 Å². The maximum atomic E-state index is 13.3. The van der Waals surface area contributed by atoms with E-state index in [2.05, 4.69) is 36.5 Å². The fraction of sp³-hybridized carbons (Fsp3) is 0.222. The minimum atomic E-state index is -0.522.